The average molecular weight is 836 g/mol. The van der Waals surface area contributed by atoms with E-state index in [4.69, 9.17) is 10.2 Å². The Morgan fingerprint density at radius 1 is 0.400 bits per heavy atom. The Bertz CT molecular complexity index is 4090. The van der Waals surface area contributed by atoms with Gasteiger partial charge in [-0.05, 0) is 112 Å². The van der Waals surface area contributed by atoms with Crippen molar-refractivity contribution in [3.8, 4) is 34.3 Å². The molecule has 13 rings (SSSR count). The fraction of sp³-hybridized carbons (Fsp3) is 0.0678. The topological polar surface area (TPSA) is 77.7 Å². The monoisotopic (exact) mass is 835 g/mol. The summed E-state index contributed by atoms with van der Waals surface area (Å²) < 4.78 is 13.4. The number of nitrogen functional groups attached to an aromatic ring is 1. The van der Waals surface area contributed by atoms with Crippen molar-refractivity contribution >= 4 is 93.0 Å². The zero-order chi connectivity index (χ0) is 43.8. The lowest BCUT2D eigenvalue weighted by molar-refractivity contribution is 0.669. The first-order valence-corrected chi connectivity index (χ1v) is 22.1. The summed E-state index contributed by atoms with van der Waals surface area (Å²) in [7, 11) is 0. The molecule has 6 nitrogen and oxygen atoms in total. The molecule has 308 valence electrons. The van der Waals surface area contributed by atoms with Crippen molar-refractivity contribution in [2.45, 2.75) is 27.7 Å². The number of nitrogens with zero attached hydrogens (tertiary/aromatic N) is 4. The Labute approximate surface area is 374 Å². The van der Waals surface area contributed by atoms with Crippen molar-refractivity contribution in [2.24, 2.45) is 0 Å². The summed E-state index contributed by atoms with van der Waals surface area (Å²) in [6.45, 7) is 8.58. The number of aryl methyl sites for hydroxylation is 4. The van der Waals surface area contributed by atoms with Gasteiger partial charge in [-0.3, -0.25) is 0 Å². The molecule has 13 aromatic rings. The van der Waals surface area contributed by atoms with Crippen LogP contribution in [-0.4, -0.2) is 13.7 Å². The van der Waals surface area contributed by atoms with Gasteiger partial charge in [0.25, 0.3) is 0 Å². The first kappa shape index (κ1) is 37.1. The van der Waals surface area contributed by atoms with Crippen LogP contribution in [0.3, 0.4) is 0 Å². The average Bonchev–Trinajstić information content (AvgIpc) is 4.04. The molecule has 0 unspecified atom stereocenters. The highest BCUT2D eigenvalue weighted by Gasteiger charge is 2.32. The highest BCUT2D eigenvalue weighted by Crippen LogP contribution is 2.50. The Morgan fingerprint density at radius 2 is 0.815 bits per heavy atom. The first-order chi connectivity index (χ1) is 31.8. The predicted octanol–water partition coefficient (Wildman–Crippen LogP) is 15.2. The molecule has 4 aromatic heterocycles. The standard InChI is InChI=1S/C59H41N5O/c1-33-17-22-49-41(27-33)42-28-34(2)18-23-50(42)62(49)57-46(32-60)55(37-21-26-54-45(31-37)40-13-7-10-16-53(40)65-54)56(61)58(59(57)64-47-14-8-5-11-38(47)39-12-6-9-15-48(39)64)63-51-24-19-35(3)29-43(51)44-30-36(4)20-25-52(44)63/h5-31H,61H2,1-4H3. The maximum Gasteiger partial charge on any atom is 0.135 e. The molecule has 9 aromatic carbocycles. The number of hydrogen-bond acceptors (Lipinski definition) is 3. The van der Waals surface area contributed by atoms with Crippen molar-refractivity contribution in [3.05, 3.63) is 192 Å². The number of benzene rings is 9. The highest BCUT2D eigenvalue weighted by molar-refractivity contribution is 6.16. The molecular formula is C59H41N5O. The lowest BCUT2D eigenvalue weighted by Gasteiger charge is -2.27. The first-order valence-electron chi connectivity index (χ1n) is 22.1. The zero-order valence-electron chi connectivity index (χ0n) is 36.4. The number of anilines is 1. The quantitative estimate of drug-likeness (QED) is 0.179. The second-order valence-electron chi connectivity index (χ2n) is 17.8. The predicted molar refractivity (Wildman–Crippen MR) is 270 cm³/mol. The van der Waals surface area contributed by atoms with E-state index in [0.29, 0.717) is 16.8 Å². The second-order valence-corrected chi connectivity index (χ2v) is 17.8. The number of hydrogen-bond donors (Lipinski definition) is 1. The molecule has 2 N–H and O–H groups in total. The van der Waals surface area contributed by atoms with Gasteiger partial charge in [0.1, 0.15) is 17.2 Å². The molecule has 0 spiro atoms. The van der Waals surface area contributed by atoms with Gasteiger partial charge in [0, 0.05) is 48.7 Å². The number of aromatic nitrogens is 3. The molecular weight excluding hydrogens is 795 g/mol. The minimum Gasteiger partial charge on any atom is -0.456 e. The smallest absolute Gasteiger partial charge is 0.135 e. The summed E-state index contributed by atoms with van der Waals surface area (Å²) in [6, 6.07) is 61.0. The SMILES string of the molecule is Cc1ccc2c(c1)c1cc(C)ccc1n2-c1c(N)c(-c2ccc3oc4ccccc4c3c2)c(C#N)c(-n2c3ccc(C)cc3c3cc(C)ccc32)c1-n1c2ccccc2c2ccccc21. The van der Waals surface area contributed by atoms with Gasteiger partial charge < -0.3 is 23.9 Å². The van der Waals surface area contributed by atoms with Crippen LogP contribution in [0.5, 0.6) is 0 Å². The number of furan rings is 1. The fourth-order valence-electron chi connectivity index (χ4n) is 10.8. The van der Waals surface area contributed by atoms with E-state index in [9.17, 15) is 5.26 Å². The van der Waals surface area contributed by atoms with E-state index >= 15 is 0 Å². The molecule has 4 heterocycles. The summed E-state index contributed by atoms with van der Waals surface area (Å²) in [4.78, 5) is 0. The zero-order valence-corrected chi connectivity index (χ0v) is 36.4. The number of fused-ring (bicyclic) bond motifs is 12. The summed E-state index contributed by atoms with van der Waals surface area (Å²) in [5, 5.41) is 20.8. The Hall–Kier alpha value is -8.53. The van der Waals surface area contributed by atoms with Crippen LogP contribution in [0.1, 0.15) is 27.8 Å². The second kappa shape index (κ2) is 13.5. The maximum absolute atomic E-state index is 12.1. The largest absolute Gasteiger partial charge is 0.456 e. The summed E-state index contributed by atoms with van der Waals surface area (Å²) in [6.07, 6.45) is 0. The number of rotatable bonds is 4. The van der Waals surface area contributed by atoms with Crippen LogP contribution in [0.15, 0.2) is 168 Å². The molecule has 0 aliphatic carbocycles. The molecule has 0 bridgehead atoms. The lowest BCUT2D eigenvalue weighted by Crippen LogP contribution is -2.15. The van der Waals surface area contributed by atoms with Gasteiger partial charge in [0.05, 0.1) is 61.4 Å². The number of para-hydroxylation sites is 3. The van der Waals surface area contributed by atoms with Crippen LogP contribution < -0.4 is 5.73 Å². The summed E-state index contributed by atoms with van der Waals surface area (Å²) in [5.41, 5.74) is 25.2. The van der Waals surface area contributed by atoms with Crippen molar-refractivity contribution in [1.29, 1.82) is 5.26 Å². The van der Waals surface area contributed by atoms with Gasteiger partial charge in [-0.25, -0.2) is 0 Å². The molecule has 0 radical (unpaired) electrons. The molecule has 0 fully saturated rings. The van der Waals surface area contributed by atoms with Gasteiger partial charge >= 0.3 is 0 Å². The molecule has 0 atom stereocenters. The van der Waals surface area contributed by atoms with E-state index in [0.717, 1.165) is 121 Å². The Morgan fingerprint density at radius 3 is 1.32 bits per heavy atom. The number of nitriles is 1. The molecule has 0 saturated carbocycles. The molecule has 0 amide bonds. The van der Waals surface area contributed by atoms with Crippen LogP contribution >= 0.6 is 0 Å². The van der Waals surface area contributed by atoms with Crippen LogP contribution in [-0.2, 0) is 0 Å². The van der Waals surface area contributed by atoms with Gasteiger partial charge in [0.2, 0.25) is 0 Å². The Kier molecular flexibility index (Phi) is 7.69. The molecule has 65 heavy (non-hydrogen) atoms. The van der Waals surface area contributed by atoms with Crippen molar-refractivity contribution in [1.82, 2.24) is 13.7 Å². The van der Waals surface area contributed by atoms with Gasteiger partial charge in [-0.2, -0.15) is 5.26 Å². The molecule has 0 saturated heterocycles. The summed E-state index contributed by atoms with van der Waals surface area (Å²) in [5.74, 6) is 0. The van der Waals surface area contributed by atoms with Crippen molar-refractivity contribution in [3.63, 3.8) is 0 Å². The van der Waals surface area contributed by atoms with Crippen LogP contribution in [0.4, 0.5) is 5.69 Å². The lowest BCUT2D eigenvalue weighted by atomic mass is 9.92. The third kappa shape index (κ3) is 5.15. The third-order valence-corrected chi connectivity index (χ3v) is 13.6. The van der Waals surface area contributed by atoms with Crippen molar-refractivity contribution < 1.29 is 4.42 Å². The van der Waals surface area contributed by atoms with Gasteiger partial charge in [-0.15, -0.1) is 0 Å². The third-order valence-electron chi connectivity index (χ3n) is 13.6. The van der Waals surface area contributed by atoms with E-state index in [1.54, 1.807) is 0 Å². The minimum atomic E-state index is 0.475. The normalized spacial score (nSPS) is 12.0. The van der Waals surface area contributed by atoms with E-state index in [1.807, 2.05) is 24.3 Å². The minimum absolute atomic E-state index is 0.475. The van der Waals surface area contributed by atoms with E-state index in [1.165, 1.54) is 11.1 Å². The van der Waals surface area contributed by atoms with Crippen molar-refractivity contribution in [2.75, 3.05) is 5.73 Å². The Balaban J connectivity index is 1.34. The van der Waals surface area contributed by atoms with E-state index in [2.05, 4.69) is 187 Å². The summed E-state index contributed by atoms with van der Waals surface area (Å²) >= 11 is 0. The van der Waals surface area contributed by atoms with Crippen LogP contribution in [0.25, 0.3) is 116 Å². The molecule has 0 aliphatic heterocycles. The number of nitrogens with two attached hydrogens (primary N) is 1. The highest BCUT2D eigenvalue weighted by atomic mass is 16.3. The molecule has 0 aliphatic rings. The van der Waals surface area contributed by atoms with Gasteiger partial charge in [0.15, 0.2) is 0 Å². The van der Waals surface area contributed by atoms with Gasteiger partial charge in [-0.1, -0.05) is 107 Å². The maximum atomic E-state index is 12.1. The molecule has 6 heteroatoms. The van der Waals surface area contributed by atoms with Crippen LogP contribution in [0.2, 0.25) is 0 Å². The van der Waals surface area contributed by atoms with E-state index in [-0.39, 0.29) is 0 Å². The fourth-order valence-corrected chi connectivity index (χ4v) is 10.8. The van der Waals surface area contributed by atoms with E-state index < -0.39 is 0 Å². The van der Waals surface area contributed by atoms with Crippen LogP contribution in [0, 0.1) is 39.0 Å².